The summed E-state index contributed by atoms with van der Waals surface area (Å²) < 4.78 is 34.2. The van der Waals surface area contributed by atoms with Crippen LogP contribution in [0.2, 0.25) is 0 Å². The first kappa shape index (κ1) is 30.1. The third-order valence-electron chi connectivity index (χ3n) is 6.48. The molecule has 0 fully saturated rings. The number of anilines is 2. The van der Waals surface area contributed by atoms with E-state index in [-0.39, 0.29) is 29.7 Å². The normalized spacial score (nSPS) is 11.2. The van der Waals surface area contributed by atoms with Gasteiger partial charge in [0.05, 0.1) is 10.6 Å². The quantitative estimate of drug-likeness (QED) is 0.181. The molecule has 3 N–H and O–H groups in total. The van der Waals surface area contributed by atoms with Crippen molar-refractivity contribution >= 4 is 39.3 Å². The van der Waals surface area contributed by atoms with Gasteiger partial charge in [0, 0.05) is 24.7 Å². The van der Waals surface area contributed by atoms with Crippen molar-refractivity contribution in [1.82, 2.24) is 5.32 Å². The number of carbonyl (C=O) groups is 2. The van der Waals surface area contributed by atoms with Gasteiger partial charge < -0.3 is 15.4 Å². The van der Waals surface area contributed by atoms with Crippen LogP contribution < -0.4 is 20.1 Å². The maximum atomic E-state index is 12.9. The van der Waals surface area contributed by atoms with Crippen molar-refractivity contribution in [1.29, 1.82) is 0 Å². The lowest BCUT2D eigenvalue weighted by Crippen LogP contribution is -2.26. The van der Waals surface area contributed by atoms with Gasteiger partial charge in [0.2, 0.25) is 11.8 Å². The van der Waals surface area contributed by atoms with Crippen LogP contribution >= 0.6 is 0 Å². The lowest BCUT2D eigenvalue weighted by molar-refractivity contribution is -0.117. The molecule has 0 aliphatic carbocycles. The van der Waals surface area contributed by atoms with E-state index in [4.69, 9.17) is 4.74 Å². The average Bonchev–Trinajstić information content (AvgIpc) is 2.98. The second-order valence-corrected chi connectivity index (χ2v) is 11.3. The van der Waals surface area contributed by atoms with Crippen molar-refractivity contribution in [2.24, 2.45) is 0 Å². The number of sulfonamides is 1. The summed E-state index contributed by atoms with van der Waals surface area (Å²) in [6, 6.07) is 28.7. The van der Waals surface area contributed by atoms with Crippen LogP contribution in [0.5, 0.6) is 5.75 Å². The Morgan fingerprint density at radius 1 is 0.857 bits per heavy atom. The summed E-state index contributed by atoms with van der Waals surface area (Å²) >= 11 is 0. The van der Waals surface area contributed by atoms with Gasteiger partial charge in [-0.3, -0.25) is 14.3 Å². The average molecular weight is 584 g/mol. The predicted molar refractivity (Wildman–Crippen MR) is 166 cm³/mol. The lowest BCUT2D eigenvalue weighted by Gasteiger charge is -2.13. The number of ether oxygens (including phenoxy) is 1. The molecular weight excluding hydrogens is 550 g/mol. The summed E-state index contributed by atoms with van der Waals surface area (Å²) in [6.07, 6.45) is 3.09. The molecule has 0 atom stereocenters. The fraction of sp³-hybridized carbons (Fsp3) is 0.152. The minimum atomic E-state index is -3.86. The van der Waals surface area contributed by atoms with Gasteiger partial charge in [-0.15, -0.1) is 0 Å². The Kier molecular flexibility index (Phi) is 10.1. The van der Waals surface area contributed by atoms with Crippen LogP contribution in [0.3, 0.4) is 0 Å². The molecule has 4 aromatic carbocycles. The van der Waals surface area contributed by atoms with Crippen molar-refractivity contribution < 1.29 is 22.7 Å². The van der Waals surface area contributed by atoms with Crippen LogP contribution in [0, 0.1) is 13.8 Å². The fourth-order valence-corrected chi connectivity index (χ4v) is 5.14. The zero-order valence-electron chi connectivity index (χ0n) is 23.5. The Labute approximate surface area is 246 Å². The highest BCUT2D eigenvalue weighted by atomic mass is 32.2. The first-order valence-electron chi connectivity index (χ1n) is 13.4. The van der Waals surface area contributed by atoms with E-state index in [2.05, 4.69) is 15.4 Å². The molecule has 42 heavy (non-hydrogen) atoms. The van der Waals surface area contributed by atoms with E-state index < -0.39 is 10.0 Å². The van der Waals surface area contributed by atoms with Crippen LogP contribution in [-0.2, 0) is 26.2 Å². The van der Waals surface area contributed by atoms with E-state index in [0.29, 0.717) is 18.0 Å². The molecule has 0 saturated heterocycles. The molecular formula is C33H33N3O5S. The van der Waals surface area contributed by atoms with E-state index in [1.165, 1.54) is 18.2 Å². The van der Waals surface area contributed by atoms with Crippen LogP contribution in [0.1, 0.15) is 28.7 Å². The minimum absolute atomic E-state index is 0.0186. The molecule has 0 unspecified atom stereocenters. The molecule has 2 amide bonds. The highest BCUT2D eigenvalue weighted by Gasteiger charge is 2.17. The van der Waals surface area contributed by atoms with Gasteiger partial charge in [-0.25, -0.2) is 8.42 Å². The molecule has 0 aliphatic rings. The monoisotopic (exact) mass is 583 g/mol. The lowest BCUT2D eigenvalue weighted by atomic mass is 10.1. The van der Waals surface area contributed by atoms with Gasteiger partial charge in [-0.1, -0.05) is 60.7 Å². The molecule has 8 nitrogen and oxygen atoms in total. The maximum absolute atomic E-state index is 12.9. The highest BCUT2D eigenvalue weighted by molar-refractivity contribution is 7.92. The second-order valence-electron chi connectivity index (χ2n) is 9.65. The number of carbonyl (C=O) groups excluding carboxylic acids is 2. The molecule has 0 aliphatic heterocycles. The molecule has 216 valence electrons. The summed E-state index contributed by atoms with van der Waals surface area (Å²) in [5.74, 6) is 0.0347. The van der Waals surface area contributed by atoms with Gasteiger partial charge in [0.1, 0.15) is 12.4 Å². The van der Waals surface area contributed by atoms with Crippen LogP contribution in [0.4, 0.5) is 11.4 Å². The van der Waals surface area contributed by atoms with Crippen molar-refractivity contribution in [3.8, 4) is 5.75 Å². The standard InChI is InChI=1S/C33H33N3O5S/c1-24-8-6-13-31(25(24)2)36-42(39,40)30-12-7-11-28(22-30)35-33(38)20-21-34-32(37)19-16-26-14-17-29(18-15-26)41-23-27-9-4-3-5-10-27/h3-19,22,36H,20-21,23H2,1-2H3,(H,34,37)(H,35,38)/b19-16+. The summed E-state index contributed by atoms with van der Waals surface area (Å²) in [5.41, 5.74) is 4.55. The molecule has 0 bridgehead atoms. The summed E-state index contributed by atoms with van der Waals surface area (Å²) in [4.78, 5) is 24.7. The third-order valence-corrected chi connectivity index (χ3v) is 7.85. The van der Waals surface area contributed by atoms with Gasteiger partial charge in [0.15, 0.2) is 0 Å². The zero-order chi connectivity index (χ0) is 30.0. The Morgan fingerprint density at radius 3 is 2.36 bits per heavy atom. The van der Waals surface area contributed by atoms with Gasteiger partial charge in [-0.05, 0) is 78.6 Å². The molecule has 0 spiro atoms. The fourth-order valence-electron chi connectivity index (χ4n) is 3.98. The molecule has 4 aromatic rings. The number of nitrogens with one attached hydrogen (secondary N) is 3. The topological polar surface area (TPSA) is 114 Å². The van der Waals surface area contributed by atoms with Gasteiger partial charge >= 0.3 is 0 Å². The van der Waals surface area contributed by atoms with Crippen molar-refractivity contribution in [3.05, 3.63) is 125 Å². The second kappa shape index (κ2) is 14.1. The zero-order valence-corrected chi connectivity index (χ0v) is 24.3. The summed E-state index contributed by atoms with van der Waals surface area (Å²) in [7, 11) is -3.86. The smallest absolute Gasteiger partial charge is 0.261 e. The number of benzene rings is 4. The Balaban J connectivity index is 1.22. The van der Waals surface area contributed by atoms with E-state index in [1.807, 2.05) is 74.5 Å². The van der Waals surface area contributed by atoms with E-state index >= 15 is 0 Å². The number of hydrogen-bond donors (Lipinski definition) is 3. The van der Waals surface area contributed by atoms with Crippen molar-refractivity contribution in [2.45, 2.75) is 31.8 Å². The van der Waals surface area contributed by atoms with Gasteiger partial charge in [0.25, 0.3) is 10.0 Å². The van der Waals surface area contributed by atoms with Crippen molar-refractivity contribution in [3.63, 3.8) is 0 Å². The Bertz CT molecular complexity index is 1670. The molecule has 9 heteroatoms. The molecule has 0 heterocycles. The molecule has 0 aromatic heterocycles. The highest BCUT2D eigenvalue weighted by Crippen LogP contribution is 2.23. The first-order chi connectivity index (χ1) is 20.2. The molecule has 0 saturated carbocycles. The first-order valence-corrected chi connectivity index (χ1v) is 14.9. The van der Waals surface area contributed by atoms with Crippen molar-refractivity contribution in [2.75, 3.05) is 16.6 Å². The van der Waals surface area contributed by atoms with E-state index in [1.54, 1.807) is 30.3 Å². The molecule has 0 radical (unpaired) electrons. The number of rotatable bonds is 12. The largest absolute Gasteiger partial charge is 0.489 e. The van der Waals surface area contributed by atoms with E-state index in [9.17, 15) is 18.0 Å². The maximum Gasteiger partial charge on any atom is 0.261 e. The van der Waals surface area contributed by atoms with Crippen LogP contribution in [0.25, 0.3) is 6.08 Å². The third kappa shape index (κ3) is 8.81. The number of amides is 2. The molecule has 4 rings (SSSR count). The number of hydrogen-bond acceptors (Lipinski definition) is 5. The van der Waals surface area contributed by atoms with Crippen LogP contribution in [-0.4, -0.2) is 26.8 Å². The number of aryl methyl sites for hydroxylation is 1. The van der Waals surface area contributed by atoms with E-state index in [0.717, 1.165) is 28.0 Å². The SMILES string of the molecule is Cc1cccc(NS(=O)(=O)c2cccc(NC(=O)CCNC(=O)/C=C/c3ccc(OCc4ccccc4)cc3)c2)c1C. The Morgan fingerprint density at radius 2 is 1.60 bits per heavy atom. The summed E-state index contributed by atoms with van der Waals surface area (Å²) in [6.45, 7) is 4.35. The Hall–Kier alpha value is -4.89. The van der Waals surface area contributed by atoms with Crippen LogP contribution in [0.15, 0.2) is 108 Å². The van der Waals surface area contributed by atoms with Gasteiger partial charge in [-0.2, -0.15) is 0 Å². The predicted octanol–water partition coefficient (Wildman–Crippen LogP) is 5.84. The minimum Gasteiger partial charge on any atom is -0.489 e. The summed E-state index contributed by atoms with van der Waals surface area (Å²) in [5, 5.41) is 5.36.